The quantitative estimate of drug-likeness (QED) is 0.560. The number of aromatic nitrogens is 5. The number of aromatic amines is 1. The van der Waals surface area contributed by atoms with Crippen molar-refractivity contribution >= 4 is 0 Å². The van der Waals surface area contributed by atoms with Crippen molar-refractivity contribution in [3.8, 4) is 39.4 Å². The Morgan fingerprint density at radius 1 is 0.929 bits per heavy atom. The molecule has 0 saturated carbocycles. The number of pyridine rings is 1. The van der Waals surface area contributed by atoms with Crippen LogP contribution >= 0.6 is 0 Å². The van der Waals surface area contributed by atoms with Gasteiger partial charge in [0.2, 0.25) is 0 Å². The van der Waals surface area contributed by atoms with Crippen LogP contribution < -0.4 is 4.74 Å². The number of hydrogen-bond donors (Lipinski definition) is 1. The maximum atomic E-state index is 5.71. The van der Waals surface area contributed by atoms with Crippen molar-refractivity contribution in [3.63, 3.8) is 0 Å². The average molecular weight is 371 g/mol. The molecule has 2 aromatic carbocycles. The van der Waals surface area contributed by atoms with Gasteiger partial charge in [0.15, 0.2) is 5.82 Å². The van der Waals surface area contributed by atoms with Crippen molar-refractivity contribution in [3.05, 3.63) is 66.0 Å². The van der Waals surface area contributed by atoms with E-state index in [1.54, 1.807) is 7.11 Å². The molecule has 0 saturated heterocycles. The number of ether oxygens (including phenoxy) is 1. The highest BCUT2D eigenvalue weighted by molar-refractivity contribution is 5.85. The van der Waals surface area contributed by atoms with E-state index in [0.29, 0.717) is 5.82 Å². The van der Waals surface area contributed by atoms with Gasteiger partial charge in [-0.15, -0.1) is 5.10 Å². The summed E-state index contributed by atoms with van der Waals surface area (Å²) >= 11 is 0. The SMILES string of the molecule is CCc1nc(C)cc(-c2ccc(-c3ccccc3)c(-c3nnn[nH]3)c2)c1OC. The van der Waals surface area contributed by atoms with Gasteiger partial charge >= 0.3 is 0 Å². The van der Waals surface area contributed by atoms with Gasteiger partial charge in [0.25, 0.3) is 0 Å². The Labute approximate surface area is 163 Å². The fourth-order valence-electron chi connectivity index (χ4n) is 3.46. The third-order valence-electron chi connectivity index (χ3n) is 4.73. The first-order valence-electron chi connectivity index (χ1n) is 9.19. The lowest BCUT2D eigenvalue weighted by atomic mass is 9.93. The van der Waals surface area contributed by atoms with Crippen LogP contribution in [0.15, 0.2) is 54.6 Å². The number of nitrogens with one attached hydrogen (secondary N) is 1. The number of hydrogen-bond acceptors (Lipinski definition) is 5. The highest BCUT2D eigenvalue weighted by Gasteiger charge is 2.17. The molecule has 1 N–H and O–H groups in total. The van der Waals surface area contributed by atoms with Gasteiger partial charge < -0.3 is 4.74 Å². The van der Waals surface area contributed by atoms with Crippen LogP contribution in [0.1, 0.15) is 18.3 Å². The van der Waals surface area contributed by atoms with Crippen molar-refractivity contribution in [2.45, 2.75) is 20.3 Å². The summed E-state index contributed by atoms with van der Waals surface area (Å²) in [5, 5.41) is 14.5. The van der Waals surface area contributed by atoms with Gasteiger partial charge in [-0.3, -0.25) is 4.98 Å². The van der Waals surface area contributed by atoms with Gasteiger partial charge in [-0.25, -0.2) is 5.10 Å². The first-order valence-corrected chi connectivity index (χ1v) is 9.19. The maximum Gasteiger partial charge on any atom is 0.180 e. The Hall–Kier alpha value is -3.54. The molecule has 4 aromatic rings. The van der Waals surface area contributed by atoms with Crippen LogP contribution in [0.25, 0.3) is 33.6 Å². The maximum absolute atomic E-state index is 5.71. The van der Waals surface area contributed by atoms with Crippen LogP contribution in [0.3, 0.4) is 0 Å². The van der Waals surface area contributed by atoms with Crippen LogP contribution in [0.2, 0.25) is 0 Å². The molecule has 6 heteroatoms. The van der Waals surface area contributed by atoms with Crippen molar-refractivity contribution in [1.82, 2.24) is 25.6 Å². The molecule has 4 rings (SSSR count). The minimum absolute atomic E-state index is 0.626. The third-order valence-corrected chi connectivity index (χ3v) is 4.73. The standard InChI is InChI=1S/C22H21N5O/c1-4-20-21(28-3)18(12-14(2)23-20)16-10-11-17(15-8-6-5-7-9-15)19(13-16)22-24-26-27-25-22/h5-13H,4H2,1-3H3,(H,24,25,26,27). The van der Waals surface area contributed by atoms with E-state index in [4.69, 9.17) is 4.74 Å². The molecule has 0 aliphatic carbocycles. The summed E-state index contributed by atoms with van der Waals surface area (Å²) in [6, 6.07) is 18.6. The molecule has 28 heavy (non-hydrogen) atoms. The Bertz CT molecular complexity index is 1090. The van der Waals surface area contributed by atoms with Crippen molar-refractivity contribution in [2.75, 3.05) is 7.11 Å². The molecule has 140 valence electrons. The lowest BCUT2D eigenvalue weighted by molar-refractivity contribution is 0.409. The van der Waals surface area contributed by atoms with Gasteiger partial charge in [-0.05, 0) is 52.6 Å². The van der Waals surface area contributed by atoms with E-state index < -0.39 is 0 Å². The summed E-state index contributed by atoms with van der Waals surface area (Å²) in [5.41, 5.74) is 7.05. The highest BCUT2D eigenvalue weighted by Crippen LogP contribution is 2.38. The molecule has 2 heterocycles. The van der Waals surface area contributed by atoms with E-state index >= 15 is 0 Å². The second kappa shape index (κ2) is 7.60. The normalized spacial score (nSPS) is 10.8. The van der Waals surface area contributed by atoms with E-state index in [1.807, 2.05) is 25.1 Å². The summed E-state index contributed by atoms with van der Waals surface area (Å²) < 4.78 is 5.71. The van der Waals surface area contributed by atoms with Gasteiger partial charge in [0.1, 0.15) is 5.75 Å². The molecular formula is C22H21N5O. The minimum atomic E-state index is 0.626. The van der Waals surface area contributed by atoms with Gasteiger partial charge in [-0.1, -0.05) is 49.4 Å². The van der Waals surface area contributed by atoms with Crippen LogP contribution in [0, 0.1) is 6.92 Å². The Morgan fingerprint density at radius 2 is 1.75 bits per heavy atom. The van der Waals surface area contributed by atoms with Crippen molar-refractivity contribution in [1.29, 1.82) is 0 Å². The number of tetrazole rings is 1. The van der Waals surface area contributed by atoms with Crippen LogP contribution in [-0.4, -0.2) is 32.7 Å². The topological polar surface area (TPSA) is 76.6 Å². The van der Waals surface area contributed by atoms with Crippen LogP contribution in [0.5, 0.6) is 5.75 Å². The Balaban J connectivity index is 1.94. The Morgan fingerprint density at radius 3 is 2.43 bits per heavy atom. The molecular weight excluding hydrogens is 350 g/mol. The molecule has 0 fully saturated rings. The molecule has 0 aliphatic heterocycles. The minimum Gasteiger partial charge on any atom is -0.494 e. The highest BCUT2D eigenvalue weighted by atomic mass is 16.5. The van der Waals surface area contributed by atoms with Crippen LogP contribution in [-0.2, 0) is 6.42 Å². The third kappa shape index (κ3) is 3.24. The second-order valence-corrected chi connectivity index (χ2v) is 6.52. The summed E-state index contributed by atoms with van der Waals surface area (Å²) in [6.07, 6.45) is 0.804. The first kappa shape index (κ1) is 17.9. The van der Waals surface area contributed by atoms with Crippen molar-refractivity contribution in [2.24, 2.45) is 0 Å². The molecule has 0 spiro atoms. The smallest absolute Gasteiger partial charge is 0.180 e. The zero-order valence-corrected chi connectivity index (χ0v) is 16.1. The zero-order valence-electron chi connectivity index (χ0n) is 16.1. The van der Waals surface area contributed by atoms with E-state index in [-0.39, 0.29) is 0 Å². The van der Waals surface area contributed by atoms with E-state index in [2.05, 4.69) is 68.9 Å². The van der Waals surface area contributed by atoms with E-state index in [1.165, 1.54) is 0 Å². The summed E-state index contributed by atoms with van der Waals surface area (Å²) in [5.74, 6) is 1.43. The Kier molecular flexibility index (Phi) is 4.85. The zero-order chi connectivity index (χ0) is 19.5. The molecule has 0 unspecified atom stereocenters. The number of rotatable bonds is 5. The lowest BCUT2D eigenvalue weighted by Gasteiger charge is -2.15. The fraction of sp³-hybridized carbons (Fsp3) is 0.182. The van der Waals surface area contributed by atoms with Crippen LogP contribution in [0.4, 0.5) is 0 Å². The molecule has 0 aliphatic rings. The molecule has 0 bridgehead atoms. The lowest BCUT2D eigenvalue weighted by Crippen LogP contribution is -1.99. The first-order chi connectivity index (χ1) is 13.7. The predicted octanol–water partition coefficient (Wildman–Crippen LogP) is 4.48. The largest absolute Gasteiger partial charge is 0.494 e. The van der Waals surface area contributed by atoms with Gasteiger partial charge in [0, 0.05) is 16.8 Å². The van der Waals surface area contributed by atoms with E-state index in [9.17, 15) is 0 Å². The molecule has 0 amide bonds. The molecule has 0 radical (unpaired) electrons. The number of H-pyrrole nitrogens is 1. The average Bonchev–Trinajstić information content (AvgIpc) is 3.28. The van der Waals surface area contributed by atoms with Crippen molar-refractivity contribution < 1.29 is 4.74 Å². The second-order valence-electron chi connectivity index (χ2n) is 6.52. The number of nitrogens with zero attached hydrogens (tertiary/aromatic N) is 4. The molecule has 6 nitrogen and oxygen atoms in total. The predicted molar refractivity (Wildman–Crippen MR) is 109 cm³/mol. The molecule has 2 aromatic heterocycles. The summed E-state index contributed by atoms with van der Waals surface area (Å²) in [7, 11) is 1.69. The molecule has 0 atom stereocenters. The number of benzene rings is 2. The summed E-state index contributed by atoms with van der Waals surface area (Å²) in [6.45, 7) is 4.08. The van der Waals surface area contributed by atoms with E-state index in [0.717, 1.165) is 51.4 Å². The van der Waals surface area contributed by atoms with Gasteiger partial charge in [0.05, 0.1) is 12.8 Å². The number of methoxy groups -OCH3 is 1. The van der Waals surface area contributed by atoms with Gasteiger partial charge in [-0.2, -0.15) is 0 Å². The number of aryl methyl sites for hydroxylation is 2. The summed E-state index contributed by atoms with van der Waals surface area (Å²) in [4.78, 5) is 4.62. The fourth-order valence-corrected chi connectivity index (χ4v) is 3.46. The monoisotopic (exact) mass is 371 g/mol.